The summed E-state index contributed by atoms with van der Waals surface area (Å²) in [5, 5.41) is 4.75. The molecule has 2 N–H and O–H groups in total. The molecule has 1 unspecified atom stereocenters. The molecule has 3 heterocycles. The smallest absolute Gasteiger partial charge is 0.138 e. The van der Waals surface area contributed by atoms with E-state index in [2.05, 4.69) is 86.8 Å². The number of hydrogen-bond donors (Lipinski definition) is 2. The Labute approximate surface area is 164 Å². The Bertz CT molecular complexity index is 1120. The van der Waals surface area contributed by atoms with Crippen LogP contribution in [0.3, 0.4) is 0 Å². The van der Waals surface area contributed by atoms with Crippen LogP contribution in [0, 0.1) is 0 Å². The van der Waals surface area contributed by atoms with Crippen LogP contribution in [0.25, 0.3) is 10.9 Å². The van der Waals surface area contributed by atoms with Crippen LogP contribution >= 0.6 is 0 Å². The molecule has 1 aliphatic rings. The average molecular weight is 369 g/mol. The van der Waals surface area contributed by atoms with E-state index in [1.54, 1.807) is 6.33 Å². The van der Waals surface area contributed by atoms with E-state index in [1.807, 2.05) is 6.07 Å². The van der Waals surface area contributed by atoms with Gasteiger partial charge in [0.2, 0.25) is 0 Å². The van der Waals surface area contributed by atoms with Crippen LogP contribution in [0.1, 0.15) is 18.1 Å². The van der Waals surface area contributed by atoms with Gasteiger partial charge in [0.05, 0.1) is 0 Å². The molecule has 0 spiro atoms. The molecular formula is C23H23N5. The monoisotopic (exact) mass is 369 g/mol. The molecular weight excluding hydrogens is 346 g/mol. The SMILES string of the molecule is CC1Cc2ccccc2N1c1cc(NCCc2c[nH]c3ccccc23)ncn1. The molecule has 140 valence electrons. The number of rotatable bonds is 5. The number of nitrogens with one attached hydrogen (secondary N) is 2. The van der Waals surface area contributed by atoms with Crippen molar-refractivity contribution in [2.75, 3.05) is 16.8 Å². The lowest BCUT2D eigenvalue weighted by Crippen LogP contribution is -2.25. The molecule has 5 heteroatoms. The van der Waals surface area contributed by atoms with Crippen molar-refractivity contribution in [3.05, 3.63) is 78.2 Å². The van der Waals surface area contributed by atoms with Gasteiger partial charge in [-0.1, -0.05) is 36.4 Å². The molecule has 5 nitrogen and oxygen atoms in total. The van der Waals surface area contributed by atoms with E-state index in [0.29, 0.717) is 6.04 Å². The van der Waals surface area contributed by atoms with Gasteiger partial charge in [-0.2, -0.15) is 0 Å². The van der Waals surface area contributed by atoms with Crippen LogP contribution in [0.5, 0.6) is 0 Å². The summed E-state index contributed by atoms with van der Waals surface area (Å²) in [6.07, 6.45) is 5.73. The van der Waals surface area contributed by atoms with Crippen molar-refractivity contribution in [3.8, 4) is 0 Å². The topological polar surface area (TPSA) is 56.8 Å². The number of aromatic amines is 1. The van der Waals surface area contributed by atoms with Crippen molar-refractivity contribution in [1.82, 2.24) is 15.0 Å². The summed E-state index contributed by atoms with van der Waals surface area (Å²) in [6, 6.07) is 19.4. The summed E-state index contributed by atoms with van der Waals surface area (Å²) in [5.74, 6) is 1.81. The van der Waals surface area contributed by atoms with E-state index < -0.39 is 0 Å². The van der Waals surface area contributed by atoms with Gasteiger partial charge in [-0.05, 0) is 43.0 Å². The molecule has 0 aliphatic carbocycles. The van der Waals surface area contributed by atoms with E-state index >= 15 is 0 Å². The number of H-pyrrole nitrogens is 1. The quantitative estimate of drug-likeness (QED) is 0.536. The first-order chi connectivity index (χ1) is 13.8. The van der Waals surface area contributed by atoms with Crippen LogP contribution < -0.4 is 10.2 Å². The van der Waals surface area contributed by atoms with Crippen LogP contribution in [-0.2, 0) is 12.8 Å². The lowest BCUT2D eigenvalue weighted by Gasteiger charge is -2.24. The summed E-state index contributed by atoms with van der Waals surface area (Å²) in [7, 11) is 0. The van der Waals surface area contributed by atoms with Gasteiger partial charge in [0.1, 0.15) is 18.0 Å². The van der Waals surface area contributed by atoms with E-state index in [0.717, 1.165) is 31.0 Å². The lowest BCUT2D eigenvalue weighted by atomic mass is 10.1. The first kappa shape index (κ1) is 16.8. The highest BCUT2D eigenvalue weighted by atomic mass is 15.2. The zero-order valence-electron chi connectivity index (χ0n) is 15.9. The predicted molar refractivity (Wildman–Crippen MR) is 114 cm³/mol. The second-order valence-electron chi connectivity index (χ2n) is 7.35. The maximum Gasteiger partial charge on any atom is 0.138 e. The number of fused-ring (bicyclic) bond motifs is 2. The molecule has 1 aliphatic heterocycles. The molecule has 0 fully saturated rings. The molecule has 0 radical (unpaired) electrons. The van der Waals surface area contributed by atoms with Gasteiger partial charge >= 0.3 is 0 Å². The minimum Gasteiger partial charge on any atom is -0.370 e. The van der Waals surface area contributed by atoms with Gasteiger partial charge in [0, 0.05) is 41.4 Å². The van der Waals surface area contributed by atoms with E-state index in [4.69, 9.17) is 0 Å². The fourth-order valence-corrected chi connectivity index (χ4v) is 4.15. The van der Waals surface area contributed by atoms with E-state index in [1.165, 1.54) is 27.7 Å². The summed E-state index contributed by atoms with van der Waals surface area (Å²) in [4.78, 5) is 14.6. The van der Waals surface area contributed by atoms with E-state index in [-0.39, 0.29) is 0 Å². The van der Waals surface area contributed by atoms with Crippen LogP contribution in [0.15, 0.2) is 67.1 Å². The first-order valence-electron chi connectivity index (χ1n) is 9.77. The fraction of sp³-hybridized carbons (Fsp3) is 0.217. The highest BCUT2D eigenvalue weighted by Crippen LogP contribution is 2.37. The number of anilines is 3. The molecule has 2 aromatic carbocycles. The molecule has 5 rings (SSSR count). The number of aromatic nitrogens is 3. The highest BCUT2D eigenvalue weighted by molar-refractivity contribution is 5.83. The molecule has 28 heavy (non-hydrogen) atoms. The van der Waals surface area contributed by atoms with Crippen molar-refractivity contribution < 1.29 is 0 Å². The Balaban J connectivity index is 1.31. The van der Waals surface area contributed by atoms with Crippen LogP contribution in [-0.4, -0.2) is 27.5 Å². The number of para-hydroxylation sites is 2. The average Bonchev–Trinajstić information content (AvgIpc) is 3.28. The minimum atomic E-state index is 0.395. The summed E-state index contributed by atoms with van der Waals surface area (Å²) >= 11 is 0. The van der Waals surface area contributed by atoms with Crippen LogP contribution in [0.2, 0.25) is 0 Å². The van der Waals surface area contributed by atoms with Gasteiger partial charge in [0.25, 0.3) is 0 Å². The highest BCUT2D eigenvalue weighted by Gasteiger charge is 2.27. The van der Waals surface area contributed by atoms with Crippen molar-refractivity contribution in [2.45, 2.75) is 25.8 Å². The van der Waals surface area contributed by atoms with Gasteiger partial charge in [-0.25, -0.2) is 9.97 Å². The number of nitrogens with zero attached hydrogens (tertiary/aromatic N) is 3. The Kier molecular flexibility index (Phi) is 4.20. The zero-order chi connectivity index (χ0) is 18.9. The predicted octanol–water partition coefficient (Wildman–Crippen LogP) is 4.70. The van der Waals surface area contributed by atoms with Crippen molar-refractivity contribution >= 4 is 28.2 Å². The molecule has 1 atom stereocenters. The second-order valence-corrected chi connectivity index (χ2v) is 7.35. The lowest BCUT2D eigenvalue weighted by molar-refractivity contribution is 0.749. The summed E-state index contributed by atoms with van der Waals surface area (Å²) in [6.45, 7) is 3.07. The van der Waals surface area contributed by atoms with Gasteiger partial charge < -0.3 is 15.2 Å². The molecule has 0 saturated carbocycles. The van der Waals surface area contributed by atoms with Gasteiger partial charge in [-0.15, -0.1) is 0 Å². The Morgan fingerprint density at radius 1 is 1.11 bits per heavy atom. The molecule has 2 aromatic heterocycles. The molecule has 0 bridgehead atoms. The maximum atomic E-state index is 4.54. The van der Waals surface area contributed by atoms with Gasteiger partial charge in [0.15, 0.2) is 0 Å². The summed E-state index contributed by atoms with van der Waals surface area (Å²) in [5.41, 5.74) is 5.13. The number of hydrogen-bond acceptors (Lipinski definition) is 4. The first-order valence-corrected chi connectivity index (χ1v) is 9.77. The zero-order valence-corrected chi connectivity index (χ0v) is 15.9. The van der Waals surface area contributed by atoms with Crippen molar-refractivity contribution in [2.24, 2.45) is 0 Å². The standard InChI is InChI=1S/C23H23N5/c1-16-12-17-6-2-5-9-21(17)28(16)23-13-22(26-15-27-23)24-11-10-18-14-25-20-8-4-3-7-19(18)20/h2-9,13-16,25H,10-12H2,1H3,(H,24,26,27). The number of benzene rings is 2. The minimum absolute atomic E-state index is 0.395. The van der Waals surface area contributed by atoms with Crippen LogP contribution in [0.4, 0.5) is 17.3 Å². The van der Waals surface area contributed by atoms with Crippen molar-refractivity contribution in [3.63, 3.8) is 0 Å². The Hall–Kier alpha value is -3.34. The molecule has 0 saturated heterocycles. The van der Waals surface area contributed by atoms with E-state index in [9.17, 15) is 0 Å². The van der Waals surface area contributed by atoms with Gasteiger partial charge in [-0.3, -0.25) is 0 Å². The second kappa shape index (κ2) is 7.00. The third-order valence-corrected chi connectivity index (χ3v) is 5.48. The fourth-order valence-electron chi connectivity index (χ4n) is 4.15. The Morgan fingerprint density at radius 2 is 1.96 bits per heavy atom. The van der Waals surface area contributed by atoms with Crippen molar-refractivity contribution in [1.29, 1.82) is 0 Å². The normalized spacial score (nSPS) is 15.8. The maximum absolute atomic E-state index is 4.54. The molecule has 0 amide bonds. The summed E-state index contributed by atoms with van der Waals surface area (Å²) < 4.78 is 0. The largest absolute Gasteiger partial charge is 0.370 e. The molecule has 4 aromatic rings. The third-order valence-electron chi connectivity index (χ3n) is 5.48. The Morgan fingerprint density at radius 3 is 2.93 bits per heavy atom. The third kappa shape index (κ3) is 2.99.